The van der Waals surface area contributed by atoms with Crippen LogP contribution in [-0.2, 0) is 10.0 Å². The summed E-state index contributed by atoms with van der Waals surface area (Å²) in [6.07, 6.45) is 0. The third-order valence-electron chi connectivity index (χ3n) is 3.93. The number of benzene rings is 1. The van der Waals surface area contributed by atoms with Crippen LogP contribution in [0.2, 0.25) is 0 Å². The van der Waals surface area contributed by atoms with Crippen LogP contribution in [0.15, 0.2) is 47.4 Å². The fourth-order valence-electron chi connectivity index (χ4n) is 2.61. The Morgan fingerprint density at radius 3 is 2.33 bits per heavy atom. The van der Waals surface area contributed by atoms with Crippen molar-refractivity contribution in [2.75, 3.05) is 36.8 Å². The first kappa shape index (κ1) is 16.2. The lowest BCUT2D eigenvalue weighted by Gasteiger charge is -2.34. The highest BCUT2D eigenvalue weighted by Crippen LogP contribution is 2.21. The Labute approximate surface area is 141 Å². The molecule has 1 saturated heterocycles. The molecular weight excluding hydrogens is 326 g/mol. The van der Waals surface area contributed by atoms with Crippen LogP contribution in [-0.4, -0.2) is 43.9 Å². The zero-order valence-corrected chi connectivity index (χ0v) is 13.8. The number of pyridine rings is 1. The van der Waals surface area contributed by atoms with Crippen molar-refractivity contribution in [3.63, 3.8) is 0 Å². The van der Waals surface area contributed by atoms with Crippen LogP contribution in [0.1, 0.15) is 5.69 Å². The fourth-order valence-corrected chi connectivity index (χ4v) is 4.03. The predicted octanol–water partition coefficient (Wildman–Crippen LogP) is 1.05. The Kier molecular flexibility index (Phi) is 4.38. The van der Waals surface area contributed by atoms with Crippen molar-refractivity contribution in [1.29, 1.82) is 5.26 Å². The highest BCUT2D eigenvalue weighted by Gasteiger charge is 2.28. The van der Waals surface area contributed by atoms with E-state index in [0.717, 1.165) is 0 Å². The second-order valence-electron chi connectivity index (χ2n) is 5.45. The van der Waals surface area contributed by atoms with Gasteiger partial charge in [-0.25, -0.2) is 13.4 Å². The molecule has 2 N–H and O–H groups in total. The van der Waals surface area contributed by atoms with Gasteiger partial charge in [-0.05, 0) is 36.4 Å². The average Bonchev–Trinajstić information content (AvgIpc) is 2.62. The SMILES string of the molecule is N#Cc1cccc(N2CCN(S(=O)(=O)c3ccc(N)cc3)CC2)n1. The number of nitriles is 1. The molecule has 0 bridgehead atoms. The lowest BCUT2D eigenvalue weighted by molar-refractivity contribution is 0.384. The third-order valence-corrected chi connectivity index (χ3v) is 5.84. The molecule has 3 rings (SSSR count). The second kappa shape index (κ2) is 6.47. The standard InChI is InChI=1S/C16H17N5O2S/c17-12-14-2-1-3-16(19-14)20-8-10-21(11-9-20)24(22,23)15-6-4-13(18)5-7-15/h1-7H,8-11,18H2. The summed E-state index contributed by atoms with van der Waals surface area (Å²) in [6.45, 7) is 1.78. The predicted molar refractivity (Wildman–Crippen MR) is 90.8 cm³/mol. The third kappa shape index (κ3) is 3.18. The van der Waals surface area contributed by atoms with E-state index in [2.05, 4.69) is 4.98 Å². The van der Waals surface area contributed by atoms with Gasteiger partial charge in [-0.3, -0.25) is 0 Å². The van der Waals surface area contributed by atoms with Crippen LogP contribution in [0.3, 0.4) is 0 Å². The summed E-state index contributed by atoms with van der Waals surface area (Å²) in [7, 11) is -3.52. The van der Waals surface area contributed by atoms with Gasteiger partial charge in [0.2, 0.25) is 10.0 Å². The van der Waals surface area contributed by atoms with Gasteiger partial charge >= 0.3 is 0 Å². The molecule has 1 fully saturated rings. The molecule has 7 nitrogen and oxygen atoms in total. The van der Waals surface area contributed by atoms with Crippen LogP contribution in [0.5, 0.6) is 0 Å². The lowest BCUT2D eigenvalue weighted by Crippen LogP contribution is -2.48. The zero-order valence-electron chi connectivity index (χ0n) is 13.0. The van der Waals surface area contributed by atoms with Gasteiger partial charge in [0.25, 0.3) is 0 Å². The first-order valence-electron chi connectivity index (χ1n) is 7.48. The van der Waals surface area contributed by atoms with E-state index in [0.29, 0.717) is 43.4 Å². The molecule has 0 unspecified atom stereocenters. The van der Waals surface area contributed by atoms with Gasteiger partial charge in [-0.15, -0.1) is 0 Å². The number of nitrogens with zero attached hydrogens (tertiary/aromatic N) is 4. The van der Waals surface area contributed by atoms with Crippen molar-refractivity contribution >= 4 is 21.5 Å². The summed E-state index contributed by atoms with van der Waals surface area (Å²) >= 11 is 0. The highest BCUT2D eigenvalue weighted by molar-refractivity contribution is 7.89. The molecule has 2 heterocycles. The van der Waals surface area contributed by atoms with Crippen molar-refractivity contribution in [1.82, 2.24) is 9.29 Å². The van der Waals surface area contributed by atoms with Crippen molar-refractivity contribution < 1.29 is 8.42 Å². The monoisotopic (exact) mass is 343 g/mol. The number of sulfonamides is 1. The van der Waals surface area contributed by atoms with E-state index < -0.39 is 10.0 Å². The minimum absolute atomic E-state index is 0.245. The maximum atomic E-state index is 12.7. The van der Waals surface area contributed by atoms with Crippen LogP contribution < -0.4 is 10.6 Å². The van der Waals surface area contributed by atoms with Crippen LogP contribution in [0.4, 0.5) is 11.5 Å². The number of rotatable bonds is 3. The van der Waals surface area contributed by atoms with E-state index in [9.17, 15) is 8.42 Å². The van der Waals surface area contributed by atoms with Crippen molar-refractivity contribution in [2.45, 2.75) is 4.90 Å². The van der Waals surface area contributed by atoms with E-state index >= 15 is 0 Å². The Morgan fingerprint density at radius 1 is 1.04 bits per heavy atom. The minimum Gasteiger partial charge on any atom is -0.399 e. The number of piperazine rings is 1. The molecular formula is C16H17N5O2S. The summed E-state index contributed by atoms with van der Waals surface area (Å²) in [5.74, 6) is 0.693. The highest BCUT2D eigenvalue weighted by atomic mass is 32.2. The normalized spacial score (nSPS) is 15.9. The summed E-state index contributed by atoms with van der Waals surface area (Å²) in [5, 5.41) is 8.93. The number of aromatic nitrogens is 1. The van der Waals surface area contributed by atoms with Gasteiger partial charge < -0.3 is 10.6 Å². The van der Waals surface area contributed by atoms with Gasteiger partial charge in [-0.2, -0.15) is 9.57 Å². The molecule has 0 radical (unpaired) electrons. The topological polar surface area (TPSA) is 103 Å². The Balaban J connectivity index is 1.72. The summed E-state index contributed by atoms with van der Waals surface area (Å²) in [5.41, 5.74) is 6.49. The number of nitrogen functional groups attached to an aromatic ring is 1. The van der Waals surface area contributed by atoms with E-state index in [-0.39, 0.29) is 4.90 Å². The molecule has 24 heavy (non-hydrogen) atoms. The Hall–Kier alpha value is -2.63. The van der Waals surface area contributed by atoms with Gasteiger partial charge in [0, 0.05) is 31.9 Å². The molecule has 1 aliphatic rings. The fraction of sp³-hybridized carbons (Fsp3) is 0.250. The Bertz CT molecular complexity index is 866. The van der Waals surface area contributed by atoms with E-state index in [1.807, 2.05) is 17.0 Å². The summed E-state index contributed by atoms with van der Waals surface area (Å²) < 4.78 is 26.8. The molecule has 1 aliphatic heterocycles. The molecule has 0 amide bonds. The summed E-state index contributed by atoms with van der Waals surface area (Å²) in [6, 6.07) is 13.5. The largest absolute Gasteiger partial charge is 0.399 e. The van der Waals surface area contributed by atoms with Gasteiger partial charge in [0.15, 0.2) is 0 Å². The lowest BCUT2D eigenvalue weighted by atomic mass is 10.3. The zero-order chi connectivity index (χ0) is 17.2. The van der Waals surface area contributed by atoms with Crippen LogP contribution in [0.25, 0.3) is 0 Å². The first-order valence-corrected chi connectivity index (χ1v) is 8.92. The second-order valence-corrected chi connectivity index (χ2v) is 7.39. The number of hydrogen-bond donors (Lipinski definition) is 1. The smallest absolute Gasteiger partial charge is 0.243 e. The Morgan fingerprint density at radius 2 is 1.71 bits per heavy atom. The van der Waals surface area contributed by atoms with E-state index in [4.69, 9.17) is 11.0 Å². The number of anilines is 2. The molecule has 8 heteroatoms. The van der Waals surface area contributed by atoms with Crippen molar-refractivity contribution in [3.05, 3.63) is 48.2 Å². The van der Waals surface area contributed by atoms with E-state index in [1.54, 1.807) is 24.3 Å². The maximum absolute atomic E-state index is 12.7. The van der Waals surface area contributed by atoms with Gasteiger partial charge in [0.1, 0.15) is 17.6 Å². The quantitative estimate of drug-likeness (QED) is 0.836. The van der Waals surface area contributed by atoms with Crippen LogP contribution in [0, 0.1) is 11.3 Å². The van der Waals surface area contributed by atoms with Gasteiger partial charge in [0.05, 0.1) is 4.90 Å². The molecule has 0 spiro atoms. The molecule has 1 aromatic carbocycles. The number of nitrogens with two attached hydrogens (primary N) is 1. The molecule has 2 aromatic rings. The van der Waals surface area contributed by atoms with Crippen molar-refractivity contribution in [3.8, 4) is 6.07 Å². The summed E-state index contributed by atoms with van der Waals surface area (Å²) in [4.78, 5) is 6.48. The molecule has 0 aliphatic carbocycles. The van der Waals surface area contributed by atoms with E-state index in [1.165, 1.54) is 16.4 Å². The minimum atomic E-state index is -3.52. The van der Waals surface area contributed by atoms with Crippen LogP contribution >= 0.6 is 0 Å². The molecule has 124 valence electrons. The van der Waals surface area contributed by atoms with Crippen molar-refractivity contribution in [2.24, 2.45) is 0 Å². The maximum Gasteiger partial charge on any atom is 0.243 e. The average molecular weight is 343 g/mol. The molecule has 0 saturated carbocycles. The first-order chi connectivity index (χ1) is 11.5. The molecule has 1 aromatic heterocycles. The molecule has 0 atom stereocenters. The number of hydrogen-bond acceptors (Lipinski definition) is 6. The van der Waals surface area contributed by atoms with Gasteiger partial charge in [-0.1, -0.05) is 6.07 Å².